The van der Waals surface area contributed by atoms with Crippen LogP contribution in [-0.4, -0.2) is 37.0 Å². The number of nitro groups is 1. The minimum atomic E-state index is -0.881. The SMILES string of the molecule is COCOc1ccc(C(=O)OC)c(O)c1[N+](=O)[O-]. The van der Waals surface area contributed by atoms with Crippen LogP contribution in [0.5, 0.6) is 11.5 Å². The maximum atomic E-state index is 11.3. The van der Waals surface area contributed by atoms with Crippen LogP contribution in [0.4, 0.5) is 5.69 Å². The summed E-state index contributed by atoms with van der Waals surface area (Å²) in [5, 5.41) is 20.5. The van der Waals surface area contributed by atoms with Crippen LogP contribution in [0, 0.1) is 10.1 Å². The van der Waals surface area contributed by atoms with E-state index in [1.807, 2.05) is 0 Å². The van der Waals surface area contributed by atoms with Crippen LogP contribution in [0.25, 0.3) is 0 Å². The number of nitro benzene ring substituents is 1. The molecule has 1 aromatic rings. The van der Waals surface area contributed by atoms with Gasteiger partial charge in [-0.1, -0.05) is 0 Å². The monoisotopic (exact) mass is 257 g/mol. The van der Waals surface area contributed by atoms with Crippen molar-refractivity contribution < 1.29 is 29.0 Å². The van der Waals surface area contributed by atoms with Crippen LogP contribution in [0.1, 0.15) is 10.4 Å². The van der Waals surface area contributed by atoms with Crippen molar-refractivity contribution in [1.82, 2.24) is 0 Å². The Labute approximate surface area is 102 Å². The van der Waals surface area contributed by atoms with Crippen LogP contribution < -0.4 is 4.74 Å². The minimum Gasteiger partial charge on any atom is -0.501 e. The molecule has 0 fully saturated rings. The Morgan fingerprint density at radius 3 is 2.61 bits per heavy atom. The normalized spacial score (nSPS) is 9.89. The smallest absolute Gasteiger partial charge is 0.353 e. The molecule has 0 unspecified atom stereocenters. The van der Waals surface area contributed by atoms with Gasteiger partial charge in [0.05, 0.1) is 12.0 Å². The summed E-state index contributed by atoms with van der Waals surface area (Å²) in [4.78, 5) is 21.3. The second kappa shape index (κ2) is 5.82. The number of carbonyl (C=O) groups excluding carboxylic acids is 1. The molecule has 8 nitrogen and oxygen atoms in total. The number of methoxy groups -OCH3 is 2. The van der Waals surface area contributed by atoms with Gasteiger partial charge in [-0.2, -0.15) is 0 Å². The zero-order chi connectivity index (χ0) is 13.7. The molecule has 18 heavy (non-hydrogen) atoms. The summed E-state index contributed by atoms with van der Waals surface area (Å²) in [6.45, 7) is -0.224. The molecule has 0 atom stereocenters. The third kappa shape index (κ3) is 2.66. The molecule has 0 heterocycles. The summed E-state index contributed by atoms with van der Waals surface area (Å²) in [6.07, 6.45) is 0. The molecule has 98 valence electrons. The maximum absolute atomic E-state index is 11.3. The van der Waals surface area contributed by atoms with Crippen molar-refractivity contribution in [3.05, 3.63) is 27.8 Å². The molecular formula is C10H11NO7. The van der Waals surface area contributed by atoms with Crippen molar-refractivity contribution in [2.45, 2.75) is 0 Å². The summed E-state index contributed by atoms with van der Waals surface area (Å²) >= 11 is 0. The van der Waals surface area contributed by atoms with E-state index in [4.69, 9.17) is 4.74 Å². The molecule has 0 saturated heterocycles. The Balaban J connectivity index is 3.28. The van der Waals surface area contributed by atoms with E-state index < -0.39 is 22.3 Å². The first-order valence-corrected chi connectivity index (χ1v) is 4.73. The second-order valence-electron chi connectivity index (χ2n) is 3.11. The molecule has 0 aliphatic rings. The third-order valence-electron chi connectivity index (χ3n) is 2.03. The molecule has 0 spiro atoms. The molecule has 1 rings (SSSR count). The molecule has 0 radical (unpaired) electrons. The standard InChI is InChI=1S/C10H11NO7/c1-16-5-18-7-4-3-6(10(13)17-2)9(12)8(7)11(14)15/h3-4,12H,5H2,1-2H3. The lowest BCUT2D eigenvalue weighted by molar-refractivity contribution is -0.387. The number of aromatic hydroxyl groups is 1. The van der Waals surface area contributed by atoms with Gasteiger partial charge in [0.1, 0.15) is 5.56 Å². The Hall–Kier alpha value is -2.35. The van der Waals surface area contributed by atoms with Gasteiger partial charge in [-0.3, -0.25) is 10.1 Å². The molecule has 0 aliphatic carbocycles. The molecule has 0 saturated carbocycles. The van der Waals surface area contributed by atoms with Crippen molar-refractivity contribution in [2.75, 3.05) is 21.0 Å². The molecule has 0 amide bonds. The predicted molar refractivity (Wildman–Crippen MR) is 58.6 cm³/mol. The van der Waals surface area contributed by atoms with Gasteiger partial charge in [0.15, 0.2) is 6.79 Å². The van der Waals surface area contributed by atoms with Crippen molar-refractivity contribution in [2.24, 2.45) is 0 Å². The van der Waals surface area contributed by atoms with Crippen LogP contribution in [0.15, 0.2) is 12.1 Å². The van der Waals surface area contributed by atoms with Crippen LogP contribution >= 0.6 is 0 Å². The fourth-order valence-electron chi connectivity index (χ4n) is 1.25. The zero-order valence-electron chi connectivity index (χ0n) is 9.71. The van der Waals surface area contributed by atoms with Crippen molar-refractivity contribution >= 4 is 11.7 Å². The number of rotatable bonds is 5. The highest BCUT2D eigenvalue weighted by molar-refractivity contribution is 5.94. The number of phenols is 1. The number of benzene rings is 1. The van der Waals surface area contributed by atoms with E-state index in [0.717, 1.165) is 7.11 Å². The van der Waals surface area contributed by atoms with E-state index in [-0.39, 0.29) is 18.1 Å². The first-order chi connectivity index (χ1) is 8.52. The first-order valence-electron chi connectivity index (χ1n) is 4.73. The van der Waals surface area contributed by atoms with E-state index in [2.05, 4.69) is 9.47 Å². The molecular weight excluding hydrogens is 246 g/mol. The third-order valence-corrected chi connectivity index (χ3v) is 2.03. The number of phenolic OH excluding ortho intramolecular Hbond substituents is 1. The summed E-state index contributed by atoms with van der Waals surface area (Å²) in [7, 11) is 2.44. The van der Waals surface area contributed by atoms with E-state index in [1.165, 1.54) is 19.2 Å². The number of hydrogen-bond acceptors (Lipinski definition) is 7. The highest BCUT2D eigenvalue weighted by atomic mass is 16.7. The molecule has 0 bridgehead atoms. The summed E-state index contributed by atoms with van der Waals surface area (Å²) in [5.41, 5.74) is -1.02. The number of carbonyl (C=O) groups is 1. The van der Waals surface area contributed by atoms with Crippen LogP contribution in [0.2, 0.25) is 0 Å². The Morgan fingerprint density at radius 1 is 1.44 bits per heavy atom. The van der Waals surface area contributed by atoms with Crippen molar-refractivity contribution in [1.29, 1.82) is 0 Å². The van der Waals surface area contributed by atoms with E-state index in [9.17, 15) is 20.0 Å². The fourth-order valence-corrected chi connectivity index (χ4v) is 1.25. The fraction of sp³-hybridized carbons (Fsp3) is 0.300. The summed E-state index contributed by atoms with van der Waals surface area (Å²) < 4.78 is 13.9. The van der Waals surface area contributed by atoms with Gasteiger partial charge in [-0.25, -0.2) is 4.79 Å². The van der Waals surface area contributed by atoms with Gasteiger partial charge >= 0.3 is 11.7 Å². The predicted octanol–water partition coefficient (Wildman–Crippen LogP) is 1.07. The average Bonchev–Trinajstić information content (AvgIpc) is 2.34. The molecule has 0 aliphatic heterocycles. The Morgan fingerprint density at radius 2 is 2.11 bits per heavy atom. The lowest BCUT2D eigenvalue weighted by Crippen LogP contribution is -2.06. The highest BCUT2D eigenvalue weighted by Gasteiger charge is 2.27. The summed E-state index contributed by atoms with van der Waals surface area (Å²) in [5.74, 6) is -1.89. The van der Waals surface area contributed by atoms with Crippen molar-refractivity contribution in [3.63, 3.8) is 0 Å². The number of hydrogen-bond donors (Lipinski definition) is 1. The number of nitrogens with zero attached hydrogens (tertiary/aromatic N) is 1. The van der Waals surface area contributed by atoms with Gasteiger partial charge in [0.25, 0.3) is 0 Å². The number of esters is 1. The van der Waals surface area contributed by atoms with Gasteiger partial charge in [-0.05, 0) is 12.1 Å². The minimum absolute atomic E-state index is 0.202. The molecule has 1 aromatic carbocycles. The van der Waals surface area contributed by atoms with Gasteiger partial charge in [-0.15, -0.1) is 0 Å². The van der Waals surface area contributed by atoms with E-state index in [0.29, 0.717) is 0 Å². The van der Waals surface area contributed by atoms with Crippen LogP contribution in [-0.2, 0) is 9.47 Å². The van der Waals surface area contributed by atoms with Gasteiger partial charge in [0, 0.05) is 7.11 Å². The van der Waals surface area contributed by atoms with Gasteiger partial charge in [0.2, 0.25) is 11.5 Å². The number of ether oxygens (including phenoxy) is 3. The Bertz CT molecular complexity index is 472. The topological polar surface area (TPSA) is 108 Å². The zero-order valence-corrected chi connectivity index (χ0v) is 9.71. The van der Waals surface area contributed by atoms with E-state index >= 15 is 0 Å². The maximum Gasteiger partial charge on any atom is 0.353 e. The van der Waals surface area contributed by atoms with Gasteiger partial charge < -0.3 is 19.3 Å². The molecule has 0 aromatic heterocycles. The highest BCUT2D eigenvalue weighted by Crippen LogP contribution is 2.38. The molecule has 1 N–H and O–H groups in total. The van der Waals surface area contributed by atoms with Crippen LogP contribution in [0.3, 0.4) is 0 Å². The lowest BCUT2D eigenvalue weighted by atomic mass is 10.1. The van der Waals surface area contributed by atoms with E-state index in [1.54, 1.807) is 0 Å². The second-order valence-corrected chi connectivity index (χ2v) is 3.11. The lowest BCUT2D eigenvalue weighted by Gasteiger charge is -2.08. The van der Waals surface area contributed by atoms with Crippen molar-refractivity contribution in [3.8, 4) is 11.5 Å². The summed E-state index contributed by atoms with van der Waals surface area (Å²) in [6, 6.07) is 2.35. The molecule has 8 heteroatoms. The largest absolute Gasteiger partial charge is 0.501 e. The quantitative estimate of drug-likeness (QED) is 0.363. The average molecular weight is 257 g/mol. The first kappa shape index (κ1) is 13.7. The Kier molecular flexibility index (Phi) is 4.44.